The maximum absolute atomic E-state index is 15.4. The average molecular weight is 1190 g/mol. The number of esters is 1. The summed E-state index contributed by atoms with van der Waals surface area (Å²) in [4.78, 5) is 15.4. The highest BCUT2D eigenvalue weighted by Gasteiger charge is 2.72. The van der Waals surface area contributed by atoms with E-state index in [1.807, 2.05) is 0 Å². The fourth-order valence-electron chi connectivity index (χ4n) is 17.5. The van der Waals surface area contributed by atoms with Gasteiger partial charge in [-0.1, -0.05) is 60.1 Å². The van der Waals surface area contributed by atoms with Gasteiger partial charge in [0.2, 0.25) is 6.29 Å². The molecule has 25 heteroatoms. The molecule has 0 bridgehead atoms. The Bertz CT molecular complexity index is 2330. The molecule has 5 saturated heterocycles. The summed E-state index contributed by atoms with van der Waals surface area (Å²) in [5.74, 6) is -1.00. The molecule has 5 aliphatic heterocycles. The molecule has 83 heavy (non-hydrogen) atoms. The van der Waals surface area contributed by atoms with Crippen LogP contribution in [0, 0.1) is 50.2 Å². The van der Waals surface area contributed by atoms with E-state index in [4.69, 9.17) is 47.4 Å². The van der Waals surface area contributed by atoms with E-state index in [-0.39, 0.29) is 47.5 Å². The SMILES string of the molecule is C[C@@H]1O[C@@H](O[C@H]2[C@H](OC(=O)[C@]34CCC(C)(C)C[C@H]3C3=CC[C@@H]5[C@@]6(C)CC[C@H](O[C@@H]7O[C@@H](C)[C@H](O[C@@H]8OC[C@@H](O)[C@H](O)[C@H]8O)[C@@H](O)[C@H]7O)C(C)(C)[C@@H]6CC[C@@]5(C)[C@]3(C)C[C@H]4O)OC[C@H](O)[C@@H]2O)[C@H](O)[C@H](O)[C@H]1O[C@@H]1O[C@H](CO)[C@@H](O)[C@H](O)[C@H]1O. The number of allylic oxidation sites excluding steroid dienone is 2. The predicted octanol–water partition coefficient (Wildman–Crippen LogP) is -1.91. The zero-order valence-corrected chi connectivity index (χ0v) is 49.0. The van der Waals surface area contributed by atoms with Gasteiger partial charge in [0.05, 0.1) is 44.2 Å². The van der Waals surface area contributed by atoms with Gasteiger partial charge in [0.15, 0.2) is 31.3 Å². The van der Waals surface area contributed by atoms with Gasteiger partial charge in [0, 0.05) is 0 Å². The third-order valence-corrected chi connectivity index (χ3v) is 22.7. The van der Waals surface area contributed by atoms with Gasteiger partial charge in [-0.2, -0.15) is 0 Å². The van der Waals surface area contributed by atoms with E-state index in [1.54, 1.807) is 6.92 Å². The molecule has 9 fully saturated rings. The maximum atomic E-state index is 15.4. The lowest BCUT2D eigenvalue weighted by Crippen LogP contribution is -2.68. The molecule has 0 radical (unpaired) electrons. The van der Waals surface area contributed by atoms with Crippen molar-refractivity contribution in [1.29, 1.82) is 0 Å². The van der Waals surface area contributed by atoms with Gasteiger partial charge in [-0.3, -0.25) is 4.79 Å². The zero-order chi connectivity index (χ0) is 60.6. The summed E-state index contributed by atoms with van der Waals surface area (Å²) in [7, 11) is 0. The first-order valence-electron chi connectivity index (χ1n) is 30.0. The number of hydrogen-bond acceptors (Lipinski definition) is 25. The second-order valence-electron chi connectivity index (χ2n) is 28.3. The molecule has 5 aliphatic carbocycles. The minimum Gasteiger partial charge on any atom is -0.432 e. The Hall–Kier alpha value is -1.71. The molecule has 32 atom stereocenters. The first-order chi connectivity index (χ1) is 38.8. The van der Waals surface area contributed by atoms with Crippen molar-refractivity contribution in [2.24, 2.45) is 50.2 Å². The van der Waals surface area contributed by atoms with Crippen molar-refractivity contribution in [1.82, 2.24) is 0 Å². The monoisotopic (exact) mass is 1190 g/mol. The molecule has 4 saturated carbocycles. The Morgan fingerprint density at radius 1 is 0.554 bits per heavy atom. The fourth-order valence-corrected chi connectivity index (χ4v) is 17.5. The van der Waals surface area contributed by atoms with Crippen LogP contribution in [0.15, 0.2) is 11.6 Å². The molecule has 0 spiro atoms. The number of rotatable bonds is 11. The summed E-state index contributed by atoms with van der Waals surface area (Å²) in [6, 6.07) is 0. The lowest BCUT2D eigenvalue weighted by Gasteiger charge is -2.71. The van der Waals surface area contributed by atoms with Crippen LogP contribution in [0.5, 0.6) is 0 Å². The molecule has 10 rings (SSSR count). The van der Waals surface area contributed by atoms with E-state index in [1.165, 1.54) is 6.92 Å². The fraction of sp³-hybridized carbons (Fsp3) is 0.948. The Morgan fingerprint density at radius 3 is 1.72 bits per heavy atom. The smallest absolute Gasteiger partial charge is 0.317 e. The van der Waals surface area contributed by atoms with Gasteiger partial charge in [0.1, 0.15) is 97.0 Å². The van der Waals surface area contributed by atoms with Gasteiger partial charge in [-0.25, -0.2) is 0 Å². The van der Waals surface area contributed by atoms with Crippen molar-refractivity contribution in [2.75, 3.05) is 19.8 Å². The van der Waals surface area contributed by atoms with Crippen molar-refractivity contribution in [2.45, 2.75) is 274 Å². The van der Waals surface area contributed by atoms with Crippen LogP contribution in [0.3, 0.4) is 0 Å². The lowest BCUT2D eigenvalue weighted by atomic mass is 9.33. The minimum atomic E-state index is -1.93. The van der Waals surface area contributed by atoms with Crippen LogP contribution >= 0.6 is 0 Å². The second-order valence-corrected chi connectivity index (χ2v) is 28.3. The molecule has 0 amide bonds. The van der Waals surface area contributed by atoms with Crippen LogP contribution in [0.25, 0.3) is 0 Å². The van der Waals surface area contributed by atoms with E-state index in [0.717, 1.165) is 24.8 Å². The molecule has 25 nitrogen and oxygen atoms in total. The van der Waals surface area contributed by atoms with E-state index in [9.17, 15) is 71.5 Å². The average Bonchev–Trinajstić information content (AvgIpc) is 3.53. The second kappa shape index (κ2) is 23.3. The summed E-state index contributed by atoms with van der Waals surface area (Å²) >= 11 is 0. The number of carbonyl (C=O) groups excluding carboxylic acids is 1. The summed E-state index contributed by atoms with van der Waals surface area (Å²) in [6.45, 7) is 17.2. The summed E-state index contributed by atoms with van der Waals surface area (Å²) in [6.07, 6.45) is -29.2. The molecule has 0 aromatic heterocycles. The van der Waals surface area contributed by atoms with Crippen molar-refractivity contribution in [3.05, 3.63) is 11.6 Å². The zero-order valence-electron chi connectivity index (χ0n) is 49.0. The molecule has 0 unspecified atom stereocenters. The molecule has 14 N–H and O–H groups in total. The molecular weight excluding hydrogens is 1100 g/mol. The van der Waals surface area contributed by atoms with Crippen LogP contribution < -0.4 is 0 Å². The topological polar surface area (TPSA) is 393 Å². The summed E-state index contributed by atoms with van der Waals surface area (Å²) in [5.41, 5.74) is -2.28. The summed E-state index contributed by atoms with van der Waals surface area (Å²) in [5, 5.41) is 152. The molecule has 5 heterocycles. The van der Waals surface area contributed by atoms with Crippen LogP contribution in [0.2, 0.25) is 0 Å². The third kappa shape index (κ3) is 10.6. The Kier molecular flexibility index (Phi) is 18.0. The van der Waals surface area contributed by atoms with Crippen molar-refractivity contribution in [3.63, 3.8) is 0 Å². The largest absolute Gasteiger partial charge is 0.432 e. The van der Waals surface area contributed by atoms with Gasteiger partial charge < -0.3 is 119 Å². The lowest BCUT2D eigenvalue weighted by molar-refractivity contribution is -0.374. The highest BCUT2D eigenvalue weighted by Crippen LogP contribution is 2.76. The highest BCUT2D eigenvalue weighted by molar-refractivity contribution is 5.80. The van der Waals surface area contributed by atoms with E-state index >= 15 is 4.79 Å². The van der Waals surface area contributed by atoms with E-state index < -0.39 is 195 Å². The Labute approximate surface area is 483 Å². The molecular formula is C58H94O25. The van der Waals surface area contributed by atoms with Gasteiger partial charge in [-0.15, -0.1) is 0 Å². The van der Waals surface area contributed by atoms with Gasteiger partial charge in [-0.05, 0) is 116 Å². The number of hydrogen-bond donors (Lipinski definition) is 14. The highest BCUT2D eigenvalue weighted by atomic mass is 16.8. The Balaban J connectivity index is 0.845. The minimum absolute atomic E-state index is 0.129. The first kappa shape index (κ1) is 64.3. The summed E-state index contributed by atoms with van der Waals surface area (Å²) < 4.78 is 59.6. The number of ether oxygens (including phenoxy) is 10. The standard InChI is InChI=1S/C58H94O25/c1-23-44(80-47-40(69)34(63)27(60)21-74-47)38(67)42(71)48(76-23)79-33-13-14-55(7)30(54(33,5)6)12-15-56(8)31(55)11-10-25-26-18-53(3,4)16-17-58(26,32(62)19-57(25,56)9)52(73)83-51-46(35(64)28(61)22-75-51)82-49-43(72)39(68)45(24(2)77-49)81-50-41(70)37(66)36(65)29(20-59)78-50/h10,23-24,26-51,59-72H,11-22H2,1-9H3/t23-,24-,26-,27+,28-,29+,30-,31+,32+,33-,34-,35-,36+,37-,38-,39-,40+,41+,42+,43+,44-,45-,46+,47-,48-,49-,50-,51-,55-,56+,57+,58+/m0/s1. The quantitative estimate of drug-likeness (QED) is 0.0610. The van der Waals surface area contributed by atoms with E-state index in [2.05, 4.69) is 54.5 Å². The van der Waals surface area contributed by atoms with Gasteiger partial charge >= 0.3 is 5.97 Å². The normalized spacial score (nSPS) is 55.1. The predicted molar refractivity (Wildman–Crippen MR) is 282 cm³/mol. The number of fused-ring (bicyclic) bond motifs is 7. The maximum Gasteiger partial charge on any atom is 0.317 e. The van der Waals surface area contributed by atoms with E-state index in [0.29, 0.717) is 25.7 Å². The number of carbonyl (C=O) groups is 1. The third-order valence-electron chi connectivity index (χ3n) is 22.7. The number of aliphatic hydroxyl groups is 14. The van der Waals surface area contributed by atoms with Crippen molar-refractivity contribution >= 4 is 5.97 Å². The van der Waals surface area contributed by atoms with Crippen molar-refractivity contribution in [3.8, 4) is 0 Å². The first-order valence-corrected chi connectivity index (χ1v) is 30.0. The van der Waals surface area contributed by atoms with Crippen molar-refractivity contribution < 1.29 is 124 Å². The van der Waals surface area contributed by atoms with Crippen LogP contribution in [0.1, 0.15) is 120 Å². The molecule has 10 aliphatic rings. The van der Waals surface area contributed by atoms with Crippen LogP contribution in [0.4, 0.5) is 0 Å². The molecule has 0 aromatic carbocycles. The molecule has 476 valence electrons. The molecule has 0 aromatic rings. The number of aliphatic hydroxyl groups excluding tert-OH is 14. The Morgan fingerprint density at radius 2 is 1.10 bits per heavy atom. The van der Waals surface area contributed by atoms with Crippen LogP contribution in [-0.4, -0.2) is 251 Å². The van der Waals surface area contributed by atoms with Crippen LogP contribution in [-0.2, 0) is 52.2 Å². The van der Waals surface area contributed by atoms with Gasteiger partial charge in [0.25, 0.3) is 0 Å².